The van der Waals surface area contributed by atoms with Crippen LogP contribution in [0.1, 0.15) is 38.4 Å². The van der Waals surface area contributed by atoms with E-state index in [0.29, 0.717) is 35.9 Å². The molecule has 1 aliphatic heterocycles. The molecule has 0 spiro atoms. The summed E-state index contributed by atoms with van der Waals surface area (Å²) in [4.78, 5) is 22.9. The van der Waals surface area contributed by atoms with E-state index in [1.54, 1.807) is 24.9 Å². The quantitative estimate of drug-likeness (QED) is 0.469. The minimum absolute atomic E-state index is 0.0272. The van der Waals surface area contributed by atoms with Gasteiger partial charge in [-0.05, 0) is 36.2 Å². The predicted molar refractivity (Wildman–Crippen MR) is 122 cm³/mol. The van der Waals surface area contributed by atoms with Crippen molar-refractivity contribution in [1.82, 2.24) is 19.7 Å². The molecule has 35 heavy (non-hydrogen) atoms. The molecule has 0 saturated carbocycles. The number of pyridine rings is 2. The highest BCUT2D eigenvalue weighted by molar-refractivity contribution is 6.06. The van der Waals surface area contributed by atoms with Gasteiger partial charge in [-0.1, -0.05) is 12.1 Å². The molecule has 0 radical (unpaired) electrons. The molecular weight excluding hydrogens is 461 g/mol. The zero-order valence-electron chi connectivity index (χ0n) is 18.9. The monoisotopic (exact) mass is 482 g/mol. The first-order chi connectivity index (χ1) is 16.6. The number of aryl methyl sites for hydroxylation is 2. The molecular formula is C24H21F3N6O2. The van der Waals surface area contributed by atoms with Crippen LogP contribution in [0.3, 0.4) is 0 Å². The van der Waals surface area contributed by atoms with Crippen molar-refractivity contribution in [3.05, 3.63) is 76.4 Å². The van der Waals surface area contributed by atoms with E-state index in [1.807, 2.05) is 18.2 Å². The number of carbonyl (C=O) groups is 1. The lowest BCUT2D eigenvalue weighted by atomic mass is 10.0. The van der Waals surface area contributed by atoms with Crippen LogP contribution in [-0.4, -0.2) is 25.7 Å². The Kier molecular flexibility index (Phi) is 5.43. The van der Waals surface area contributed by atoms with Crippen molar-refractivity contribution >= 4 is 28.3 Å². The third kappa shape index (κ3) is 4.18. The summed E-state index contributed by atoms with van der Waals surface area (Å²) in [5.74, 6) is -0.0914. The topological polar surface area (TPSA) is 99.2 Å². The summed E-state index contributed by atoms with van der Waals surface area (Å²) in [6.45, 7) is 2.78. The van der Waals surface area contributed by atoms with Crippen LogP contribution >= 0.6 is 0 Å². The van der Waals surface area contributed by atoms with Crippen LogP contribution in [-0.2, 0) is 37.7 Å². The van der Waals surface area contributed by atoms with Gasteiger partial charge in [-0.25, -0.2) is 4.98 Å². The number of aromatic nitrogens is 4. The van der Waals surface area contributed by atoms with Crippen molar-refractivity contribution in [2.45, 2.75) is 32.9 Å². The first-order valence-corrected chi connectivity index (χ1v) is 10.7. The number of nitrogens with zero attached hydrogens (tertiary/aromatic N) is 5. The average Bonchev–Trinajstić information content (AvgIpc) is 3.43. The number of fused-ring (bicyclic) bond motifs is 3. The highest BCUT2D eigenvalue weighted by Crippen LogP contribution is 2.32. The molecule has 4 aromatic rings. The van der Waals surface area contributed by atoms with Gasteiger partial charge in [0.25, 0.3) is 5.91 Å². The molecule has 2 N–H and O–H groups in total. The van der Waals surface area contributed by atoms with Gasteiger partial charge in [0.05, 0.1) is 42.2 Å². The van der Waals surface area contributed by atoms with Crippen LogP contribution in [0.2, 0.25) is 0 Å². The largest absolute Gasteiger partial charge is 0.433 e. The number of carbonyl (C=O) groups excluding carboxylic acids is 1. The Morgan fingerprint density at radius 1 is 1.20 bits per heavy atom. The normalized spacial score (nSPS) is 13.3. The third-order valence-corrected chi connectivity index (χ3v) is 5.96. The Hall–Kier alpha value is -3.99. The minimum Gasteiger partial charge on any atom is -0.383 e. The van der Waals surface area contributed by atoms with Gasteiger partial charge in [-0.3, -0.25) is 14.5 Å². The van der Waals surface area contributed by atoms with Gasteiger partial charge in [-0.2, -0.15) is 18.3 Å². The van der Waals surface area contributed by atoms with Gasteiger partial charge in [0.1, 0.15) is 11.5 Å². The highest BCUT2D eigenvalue weighted by atomic mass is 19.4. The maximum Gasteiger partial charge on any atom is 0.433 e. The number of alkyl halides is 3. The molecule has 0 aliphatic carbocycles. The number of hydrogen-bond donors (Lipinski definition) is 1. The van der Waals surface area contributed by atoms with Gasteiger partial charge >= 0.3 is 6.18 Å². The van der Waals surface area contributed by atoms with E-state index in [1.165, 1.54) is 4.90 Å². The second kappa shape index (κ2) is 8.35. The molecule has 1 aromatic carbocycles. The van der Waals surface area contributed by atoms with E-state index in [0.717, 1.165) is 40.4 Å². The number of rotatable bonds is 4. The van der Waals surface area contributed by atoms with Gasteiger partial charge in [0.15, 0.2) is 0 Å². The summed E-state index contributed by atoms with van der Waals surface area (Å²) >= 11 is 0. The SMILES string of the molecule is Cc1nn(C)cc1N(Cc1ccc2c3c(c(N)nc2c1)COC3)C(=O)c1ccc(C(F)(F)F)nc1. The number of nitrogens with two attached hydrogens (primary N) is 1. The van der Waals surface area contributed by atoms with Crippen molar-refractivity contribution in [3.8, 4) is 0 Å². The number of ether oxygens (including phenoxy) is 1. The smallest absolute Gasteiger partial charge is 0.383 e. The molecule has 0 atom stereocenters. The maximum absolute atomic E-state index is 13.5. The molecule has 0 bridgehead atoms. The van der Waals surface area contributed by atoms with Crippen molar-refractivity contribution < 1.29 is 22.7 Å². The Morgan fingerprint density at radius 2 is 1.97 bits per heavy atom. The average molecular weight is 482 g/mol. The second-order valence-corrected chi connectivity index (χ2v) is 8.39. The zero-order chi connectivity index (χ0) is 24.9. The standard InChI is InChI=1S/C24H21F3N6O2/c1-13-20(10-32(2)31-13)33(23(34)15-4-6-21(29-8-15)24(25,26)27)9-14-3-5-16-17-11-35-12-18(17)22(28)30-19(16)7-14/h3-8,10H,9,11-12H2,1-2H3,(H2,28,30). The Balaban J connectivity index is 1.53. The lowest BCUT2D eigenvalue weighted by Crippen LogP contribution is -2.31. The summed E-state index contributed by atoms with van der Waals surface area (Å²) in [7, 11) is 1.73. The van der Waals surface area contributed by atoms with Crippen molar-refractivity contribution in [2.75, 3.05) is 10.6 Å². The first kappa shape index (κ1) is 22.8. The number of hydrogen-bond acceptors (Lipinski definition) is 6. The zero-order valence-corrected chi connectivity index (χ0v) is 18.9. The third-order valence-electron chi connectivity index (χ3n) is 5.96. The van der Waals surface area contributed by atoms with Gasteiger partial charge in [0.2, 0.25) is 0 Å². The fourth-order valence-electron chi connectivity index (χ4n) is 4.26. The first-order valence-electron chi connectivity index (χ1n) is 10.7. The number of nitrogen functional groups attached to an aromatic ring is 1. The molecule has 0 saturated heterocycles. The molecule has 1 amide bonds. The number of halogens is 3. The Labute approximate surface area is 198 Å². The molecule has 11 heteroatoms. The van der Waals surface area contributed by atoms with E-state index in [-0.39, 0.29) is 12.1 Å². The van der Waals surface area contributed by atoms with Crippen LogP contribution in [0.15, 0.2) is 42.7 Å². The molecule has 180 valence electrons. The maximum atomic E-state index is 13.5. The van der Waals surface area contributed by atoms with Crippen LogP contribution in [0, 0.1) is 6.92 Å². The molecule has 0 unspecified atom stereocenters. The summed E-state index contributed by atoms with van der Waals surface area (Å²) < 4.78 is 45.9. The van der Waals surface area contributed by atoms with Gasteiger partial charge in [0, 0.05) is 30.4 Å². The van der Waals surface area contributed by atoms with Crippen molar-refractivity contribution in [2.24, 2.45) is 7.05 Å². The lowest BCUT2D eigenvalue weighted by molar-refractivity contribution is -0.141. The summed E-state index contributed by atoms with van der Waals surface area (Å²) in [6, 6.07) is 7.58. The van der Waals surface area contributed by atoms with E-state index in [9.17, 15) is 18.0 Å². The van der Waals surface area contributed by atoms with Gasteiger partial charge in [-0.15, -0.1) is 0 Å². The molecule has 4 heterocycles. The molecule has 1 aliphatic rings. The number of benzene rings is 1. The van der Waals surface area contributed by atoms with Crippen LogP contribution in [0.4, 0.5) is 24.7 Å². The van der Waals surface area contributed by atoms with Crippen LogP contribution < -0.4 is 10.6 Å². The lowest BCUT2D eigenvalue weighted by Gasteiger charge is -2.23. The minimum atomic E-state index is -4.59. The molecule has 5 rings (SSSR count). The van der Waals surface area contributed by atoms with Crippen LogP contribution in [0.25, 0.3) is 10.9 Å². The number of anilines is 2. The molecule has 0 fully saturated rings. The van der Waals surface area contributed by atoms with E-state index < -0.39 is 17.8 Å². The Morgan fingerprint density at radius 3 is 2.63 bits per heavy atom. The summed E-state index contributed by atoms with van der Waals surface area (Å²) in [5.41, 5.74) is 9.55. The van der Waals surface area contributed by atoms with Crippen molar-refractivity contribution in [1.29, 1.82) is 0 Å². The van der Waals surface area contributed by atoms with Gasteiger partial charge < -0.3 is 15.4 Å². The van der Waals surface area contributed by atoms with E-state index in [2.05, 4.69) is 15.1 Å². The predicted octanol–water partition coefficient (Wildman–Crippen LogP) is 4.15. The van der Waals surface area contributed by atoms with Crippen molar-refractivity contribution in [3.63, 3.8) is 0 Å². The second-order valence-electron chi connectivity index (χ2n) is 8.39. The van der Waals surface area contributed by atoms with Crippen LogP contribution in [0.5, 0.6) is 0 Å². The van der Waals surface area contributed by atoms with E-state index in [4.69, 9.17) is 10.5 Å². The number of amides is 1. The summed E-state index contributed by atoms with van der Waals surface area (Å²) in [5, 5.41) is 5.24. The fraction of sp³-hybridized carbons (Fsp3) is 0.250. The molecule has 3 aromatic heterocycles. The fourth-order valence-corrected chi connectivity index (χ4v) is 4.26. The summed E-state index contributed by atoms with van der Waals surface area (Å²) in [6.07, 6.45) is -1.96. The molecule has 8 nitrogen and oxygen atoms in total. The highest BCUT2D eigenvalue weighted by Gasteiger charge is 2.33. The Bertz CT molecular complexity index is 1450. The van der Waals surface area contributed by atoms with E-state index >= 15 is 0 Å².